The van der Waals surface area contributed by atoms with Gasteiger partial charge in [-0.25, -0.2) is 4.39 Å². The lowest BCUT2D eigenvalue weighted by Gasteiger charge is -2.05. The molecular formula is C11H12FNO2. The number of nitriles is 1. The van der Waals surface area contributed by atoms with E-state index in [1.165, 1.54) is 18.2 Å². The summed E-state index contributed by atoms with van der Waals surface area (Å²) >= 11 is 0. The van der Waals surface area contributed by atoms with Crippen LogP contribution in [0.25, 0.3) is 0 Å². The summed E-state index contributed by atoms with van der Waals surface area (Å²) in [5.41, 5.74) is 0.826. The van der Waals surface area contributed by atoms with E-state index < -0.39 is 0 Å². The number of halogens is 1. The van der Waals surface area contributed by atoms with Crippen LogP contribution < -0.4 is 0 Å². The minimum absolute atomic E-state index is 0.157. The van der Waals surface area contributed by atoms with Gasteiger partial charge in [-0.1, -0.05) is 0 Å². The summed E-state index contributed by atoms with van der Waals surface area (Å²) in [5.74, 6) is -0.355. The van der Waals surface area contributed by atoms with Gasteiger partial charge < -0.3 is 9.47 Å². The second kappa shape index (κ2) is 6.12. The van der Waals surface area contributed by atoms with Crippen LogP contribution in [-0.2, 0) is 16.1 Å². The highest BCUT2D eigenvalue weighted by Crippen LogP contribution is 2.11. The second-order valence-electron chi connectivity index (χ2n) is 2.96. The van der Waals surface area contributed by atoms with Gasteiger partial charge in [0, 0.05) is 12.7 Å². The summed E-state index contributed by atoms with van der Waals surface area (Å²) < 4.78 is 23.1. The monoisotopic (exact) mass is 209 g/mol. The molecule has 3 nitrogen and oxygen atoms in total. The molecule has 0 aromatic heterocycles. The molecule has 0 fully saturated rings. The van der Waals surface area contributed by atoms with Crippen LogP contribution in [0.2, 0.25) is 0 Å². The first-order valence-electron chi connectivity index (χ1n) is 4.53. The Bertz CT molecular complexity index is 360. The standard InChI is InChI=1S/C11H12FNO2/c1-14-4-5-15-8-10-6-9(7-13)2-3-11(10)12/h2-3,6H,4-5,8H2,1H3. The van der Waals surface area contributed by atoms with E-state index in [1.807, 2.05) is 6.07 Å². The molecule has 0 saturated heterocycles. The zero-order chi connectivity index (χ0) is 11.1. The number of hydrogen-bond donors (Lipinski definition) is 0. The minimum Gasteiger partial charge on any atom is -0.382 e. The van der Waals surface area contributed by atoms with Crippen molar-refractivity contribution in [1.82, 2.24) is 0 Å². The highest BCUT2D eigenvalue weighted by atomic mass is 19.1. The van der Waals surface area contributed by atoms with E-state index in [-0.39, 0.29) is 12.4 Å². The molecule has 0 saturated carbocycles. The number of rotatable bonds is 5. The van der Waals surface area contributed by atoms with Crippen molar-refractivity contribution in [2.45, 2.75) is 6.61 Å². The van der Waals surface area contributed by atoms with E-state index in [9.17, 15) is 4.39 Å². The van der Waals surface area contributed by atoms with Crippen molar-refractivity contribution in [3.63, 3.8) is 0 Å². The molecule has 4 heteroatoms. The van der Waals surface area contributed by atoms with Gasteiger partial charge in [0.05, 0.1) is 31.5 Å². The molecule has 15 heavy (non-hydrogen) atoms. The third-order valence-electron chi connectivity index (χ3n) is 1.86. The van der Waals surface area contributed by atoms with Gasteiger partial charge in [0.1, 0.15) is 5.82 Å². The van der Waals surface area contributed by atoms with Crippen molar-refractivity contribution in [1.29, 1.82) is 5.26 Å². The lowest BCUT2D eigenvalue weighted by atomic mass is 10.1. The van der Waals surface area contributed by atoms with Crippen LogP contribution in [0.15, 0.2) is 18.2 Å². The summed E-state index contributed by atoms with van der Waals surface area (Å²) in [6, 6.07) is 6.15. The third-order valence-corrected chi connectivity index (χ3v) is 1.86. The van der Waals surface area contributed by atoms with E-state index >= 15 is 0 Å². The van der Waals surface area contributed by atoms with Crippen molar-refractivity contribution in [2.75, 3.05) is 20.3 Å². The van der Waals surface area contributed by atoms with E-state index in [0.717, 1.165) is 0 Å². The summed E-state index contributed by atoms with van der Waals surface area (Å²) in [7, 11) is 1.57. The largest absolute Gasteiger partial charge is 0.382 e. The fraction of sp³-hybridized carbons (Fsp3) is 0.364. The summed E-state index contributed by atoms with van der Waals surface area (Å²) in [5, 5.41) is 8.63. The predicted octanol–water partition coefficient (Wildman–Crippen LogP) is 1.86. The fourth-order valence-corrected chi connectivity index (χ4v) is 1.08. The van der Waals surface area contributed by atoms with Gasteiger partial charge in [-0.2, -0.15) is 5.26 Å². The van der Waals surface area contributed by atoms with E-state index in [1.54, 1.807) is 7.11 Å². The van der Waals surface area contributed by atoms with Crippen molar-refractivity contribution in [2.24, 2.45) is 0 Å². The molecule has 0 unspecified atom stereocenters. The first kappa shape index (κ1) is 11.6. The lowest BCUT2D eigenvalue weighted by molar-refractivity contribution is 0.0604. The molecule has 1 rings (SSSR count). The molecule has 1 aromatic carbocycles. The van der Waals surface area contributed by atoms with E-state index in [0.29, 0.717) is 24.3 Å². The summed E-state index contributed by atoms with van der Waals surface area (Å²) in [6.07, 6.45) is 0. The smallest absolute Gasteiger partial charge is 0.128 e. The lowest BCUT2D eigenvalue weighted by Crippen LogP contribution is -2.03. The van der Waals surface area contributed by atoms with E-state index in [2.05, 4.69) is 0 Å². The molecule has 0 heterocycles. The Labute approximate surface area is 88.0 Å². The average molecular weight is 209 g/mol. The van der Waals surface area contributed by atoms with Gasteiger partial charge in [0.25, 0.3) is 0 Å². The molecule has 0 aliphatic rings. The van der Waals surface area contributed by atoms with Crippen LogP contribution in [0.4, 0.5) is 4.39 Å². The van der Waals surface area contributed by atoms with Gasteiger partial charge in [0.2, 0.25) is 0 Å². The van der Waals surface area contributed by atoms with E-state index in [4.69, 9.17) is 14.7 Å². The molecule has 0 spiro atoms. The quantitative estimate of drug-likeness (QED) is 0.695. The molecule has 0 N–H and O–H groups in total. The van der Waals surface area contributed by atoms with Crippen molar-refractivity contribution in [3.8, 4) is 6.07 Å². The zero-order valence-corrected chi connectivity index (χ0v) is 8.50. The van der Waals surface area contributed by atoms with Crippen molar-refractivity contribution >= 4 is 0 Å². The first-order chi connectivity index (χ1) is 7.27. The number of hydrogen-bond acceptors (Lipinski definition) is 3. The van der Waals surface area contributed by atoms with Crippen LogP contribution in [0.1, 0.15) is 11.1 Å². The Morgan fingerprint density at radius 1 is 1.40 bits per heavy atom. The normalized spacial score (nSPS) is 9.93. The molecule has 0 atom stereocenters. The SMILES string of the molecule is COCCOCc1cc(C#N)ccc1F. The minimum atomic E-state index is -0.355. The molecule has 0 bridgehead atoms. The van der Waals surface area contributed by atoms with Gasteiger partial charge in [-0.05, 0) is 18.2 Å². The Kier molecular flexibility index (Phi) is 4.75. The van der Waals surface area contributed by atoms with Crippen LogP contribution in [0, 0.1) is 17.1 Å². The van der Waals surface area contributed by atoms with Crippen LogP contribution in [-0.4, -0.2) is 20.3 Å². The zero-order valence-electron chi connectivity index (χ0n) is 8.50. The molecule has 0 amide bonds. The molecule has 1 aromatic rings. The molecular weight excluding hydrogens is 197 g/mol. The van der Waals surface area contributed by atoms with Gasteiger partial charge >= 0.3 is 0 Å². The Morgan fingerprint density at radius 2 is 2.20 bits per heavy atom. The Hall–Kier alpha value is -1.44. The average Bonchev–Trinajstić information content (AvgIpc) is 2.26. The van der Waals surface area contributed by atoms with Crippen LogP contribution >= 0.6 is 0 Å². The first-order valence-corrected chi connectivity index (χ1v) is 4.53. The van der Waals surface area contributed by atoms with Gasteiger partial charge in [-0.15, -0.1) is 0 Å². The Balaban J connectivity index is 2.56. The van der Waals surface area contributed by atoms with Crippen LogP contribution in [0.3, 0.4) is 0 Å². The van der Waals surface area contributed by atoms with Crippen LogP contribution in [0.5, 0.6) is 0 Å². The highest BCUT2D eigenvalue weighted by molar-refractivity contribution is 5.33. The molecule has 0 aliphatic carbocycles. The van der Waals surface area contributed by atoms with Gasteiger partial charge in [-0.3, -0.25) is 0 Å². The maximum atomic E-state index is 13.2. The summed E-state index contributed by atoms with van der Waals surface area (Å²) in [4.78, 5) is 0. The van der Waals surface area contributed by atoms with Crippen molar-refractivity contribution in [3.05, 3.63) is 35.1 Å². The van der Waals surface area contributed by atoms with Crippen molar-refractivity contribution < 1.29 is 13.9 Å². The topological polar surface area (TPSA) is 42.2 Å². The number of ether oxygens (including phenoxy) is 2. The third kappa shape index (κ3) is 3.66. The fourth-order valence-electron chi connectivity index (χ4n) is 1.08. The number of methoxy groups -OCH3 is 1. The highest BCUT2D eigenvalue weighted by Gasteiger charge is 2.03. The Morgan fingerprint density at radius 3 is 2.87 bits per heavy atom. The maximum Gasteiger partial charge on any atom is 0.128 e. The molecule has 80 valence electrons. The predicted molar refractivity (Wildman–Crippen MR) is 52.6 cm³/mol. The van der Waals surface area contributed by atoms with Gasteiger partial charge in [0.15, 0.2) is 0 Å². The number of benzene rings is 1. The number of nitrogens with zero attached hydrogens (tertiary/aromatic N) is 1. The second-order valence-corrected chi connectivity index (χ2v) is 2.96. The molecule has 0 aliphatic heterocycles. The maximum absolute atomic E-state index is 13.2. The summed E-state index contributed by atoms with van der Waals surface area (Å²) in [6.45, 7) is 1.04. The molecule has 0 radical (unpaired) electrons.